The van der Waals surface area contributed by atoms with Crippen LogP contribution in [0, 0.1) is 0 Å². The van der Waals surface area contributed by atoms with Crippen molar-refractivity contribution in [2.45, 2.75) is 45.4 Å². The van der Waals surface area contributed by atoms with Crippen LogP contribution in [0.1, 0.15) is 34.1 Å². The van der Waals surface area contributed by atoms with Crippen LogP contribution in [0.5, 0.6) is 0 Å². The van der Waals surface area contributed by atoms with Gasteiger partial charge in [-0.25, -0.2) is 0 Å². The third kappa shape index (κ3) is 7.68. The molecule has 0 radical (unpaired) electrons. The van der Waals surface area contributed by atoms with Crippen molar-refractivity contribution in [2.75, 3.05) is 18.9 Å². The second kappa shape index (κ2) is 9.04. The van der Waals surface area contributed by atoms with Crippen molar-refractivity contribution in [1.82, 2.24) is 5.32 Å². The zero-order chi connectivity index (χ0) is 11.7. The second-order valence-corrected chi connectivity index (χ2v) is 5.25. The molecular formula is C11H23NO2S. The summed E-state index contributed by atoms with van der Waals surface area (Å²) in [7, 11) is 0. The number of hydrogen-bond donors (Lipinski definition) is 1. The van der Waals surface area contributed by atoms with Gasteiger partial charge in [0.05, 0.1) is 6.61 Å². The monoisotopic (exact) mass is 233 g/mol. The van der Waals surface area contributed by atoms with Gasteiger partial charge in [-0.1, -0.05) is 20.8 Å². The molecule has 3 nitrogen and oxygen atoms in total. The highest BCUT2D eigenvalue weighted by Gasteiger charge is 2.18. The van der Waals surface area contributed by atoms with Crippen LogP contribution >= 0.6 is 11.8 Å². The summed E-state index contributed by atoms with van der Waals surface area (Å²) in [5, 5.41) is 3.76. The first-order valence-electron chi connectivity index (χ1n) is 5.63. The lowest BCUT2D eigenvalue weighted by Gasteiger charge is -2.17. The molecule has 0 heterocycles. The highest BCUT2D eigenvalue weighted by Crippen LogP contribution is 2.11. The molecule has 15 heavy (non-hydrogen) atoms. The molecular weight excluding hydrogens is 210 g/mol. The first-order chi connectivity index (χ1) is 7.11. The number of ether oxygens (including phenoxy) is 1. The molecule has 0 aliphatic heterocycles. The smallest absolute Gasteiger partial charge is 0.323 e. The van der Waals surface area contributed by atoms with Crippen molar-refractivity contribution < 1.29 is 9.53 Å². The Morgan fingerprint density at radius 1 is 1.40 bits per heavy atom. The van der Waals surface area contributed by atoms with E-state index in [0.29, 0.717) is 11.9 Å². The first-order valence-corrected chi connectivity index (χ1v) is 6.68. The van der Waals surface area contributed by atoms with Crippen molar-refractivity contribution >= 4 is 17.7 Å². The maximum Gasteiger partial charge on any atom is 0.323 e. The molecule has 0 saturated heterocycles. The third-order valence-corrected chi connectivity index (χ3v) is 3.00. The molecule has 0 aromatic carbocycles. The molecule has 0 aromatic rings. The average Bonchev–Trinajstić information content (AvgIpc) is 2.17. The van der Waals surface area contributed by atoms with Crippen molar-refractivity contribution in [1.29, 1.82) is 0 Å². The third-order valence-electron chi connectivity index (χ3n) is 1.81. The van der Waals surface area contributed by atoms with Gasteiger partial charge in [0, 0.05) is 5.75 Å². The molecule has 0 bridgehead atoms. The summed E-state index contributed by atoms with van der Waals surface area (Å²) in [4.78, 5) is 11.6. The molecule has 1 atom stereocenters. The highest BCUT2D eigenvalue weighted by atomic mass is 32.2. The van der Waals surface area contributed by atoms with E-state index in [1.807, 2.05) is 6.92 Å². The Morgan fingerprint density at radius 3 is 2.53 bits per heavy atom. The summed E-state index contributed by atoms with van der Waals surface area (Å²) in [6.07, 6.45) is 1.03. The molecule has 0 amide bonds. The minimum Gasteiger partial charge on any atom is -0.465 e. The van der Waals surface area contributed by atoms with Gasteiger partial charge in [-0.05, 0) is 25.1 Å². The highest BCUT2D eigenvalue weighted by molar-refractivity contribution is 7.99. The van der Waals surface area contributed by atoms with E-state index in [0.717, 1.165) is 18.7 Å². The molecule has 0 saturated carbocycles. The van der Waals surface area contributed by atoms with Crippen molar-refractivity contribution in [3.8, 4) is 0 Å². The van der Waals surface area contributed by atoms with Crippen molar-refractivity contribution in [3.05, 3.63) is 0 Å². The van der Waals surface area contributed by atoms with Crippen molar-refractivity contribution in [2.24, 2.45) is 0 Å². The molecule has 0 aromatic heterocycles. The fourth-order valence-corrected chi connectivity index (χ4v) is 1.89. The normalized spacial score (nSPS) is 12.9. The quantitative estimate of drug-likeness (QED) is 0.651. The first kappa shape index (κ1) is 14.8. The summed E-state index contributed by atoms with van der Waals surface area (Å²) < 4.78 is 5.02. The molecule has 4 heteroatoms. The fraction of sp³-hybridized carbons (Fsp3) is 0.909. The fourth-order valence-electron chi connectivity index (χ4n) is 1.06. The minimum atomic E-state index is -0.155. The van der Waals surface area contributed by atoms with E-state index in [2.05, 4.69) is 26.1 Å². The Labute approximate surface area is 97.3 Å². The lowest BCUT2D eigenvalue weighted by molar-refractivity contribution is -0.144. The van der Waals surface area contributed by atoms with Gasteiger partial charge in [0.25, 0.3) is 0 Å². The van der Waals surface area contributed by atoms with Crippen LogP contribution in [0.2, 0.25) is 0 Å². The van der Waals surface area contributed by atoms with Crippen LogP contribution in [-0.4, -0.2) is 36.2 Å². The van der Waals surface area contributed by atoms with E-state index in [1.165, 1.54) is 0 Å². The number of thioether (sulfide) groups is 1. The van der Waals surface area contributed by atoms with Gasteiger partial charge in [-0.2, -0.15) is 11.8 Å². The Bertz CT molecular complexity index is 174. The molecule has 0 rings (SSSR count). The Morgan fingerprint density at radius 2 is 2.07 bits per heavy atom. The second-order valence-electron chi connectivity index (χ2n) is 3.64. The van der Waals surface area contributed by atoms with E-state index < -0.39 is 0 Å². The van der Waals surface area contributed by atoms with Crippen LogP contribution in [0.15, 0.2) is 0 Å². The van der Waals surface area contributed by atoms with E-state index in [9.17, 15) is 4.79 Å². The summed E-state index contributed by atoms with van der Waals surface area (Å²) in [5.41, 5.74) is 0. The topological polar surface area (TPSA) is 38.3 Å². The minimum absolute atomic E-state index is 0.126. The van der Waals surface area contributed by atoms with Gasteiger partial charge >= 0.3 is 5.97 Å². The molecule has 0 aliphatic carbocycles. The van der Waals surface area contributed by atoms with Gasteiger partial charge in [-0.15, -0.1) is 0 Å². The molecule has 0 spiro atoms. The van der Waals surface area contributed by atoms with Gasteiger partial charge in [0.1, 0.15) is 6.04 Å². The van der Waals surface area contributed by atoms with Gasteiger partial charge in [-0.3, -0.25) is 4.79 Å². The van der Waals surface area contributed by atoms with Crippen LogP contribution in [0.25, 0.3) is 0 Å². The predicted octanol–water partition coefficient (Wildman–Crippen LogP) is 2.06. The number of rotatable bonds is 8. The van der Waals surface area contributed by atoms with E-state index in [1.54, 1.807) is 11.8 Å². The lowest BCUT2D eigenvalue weighted by atomic mass is 10.3. The van der Waals surface area contributed by atoms with Gasteiger partial charge in [0.2, 0.25) is 0 Å². The summed E-state index contributed by atoms with van der Waals surface area (Å²) in [6, 6.07) is -0.155. The maximum atomic E-state index is 11.6. The number of hydrogen-bond acceptors (Lipinski definition) is 4. The summed E-state index contributed by atoms with van der Waals surface area (Å²) in [6.45, 7) is 9.51. The SMILES string of the molecule is CCCNC(CSC(C)C)C(=O)OCC. The van der Waals surface area contributed by atoms with Crippen LogP contribution in [0.4, 0.5) is 0 Å². The standard InChI is InChI=1S/C11H23NO2S/c1-5-7-12-10(8-15-9(3)4)11(13)14-6-2/h9-10,12H,5-8H2,1-4H3. The Balaban J connectivity index is 3.98. The number of esters is 1. The maximum absolute atomic E-state index is 11.6. The molecule has 1 unspecified atom stereocenters. The number of carbonyl (C=O) groups is 1. The molecule has 0 fully saturated rings. The average molecular weight is 233 g/mol. The lowest BCUT2D eigenvalue weighted by Crippen LogP contribution is -2.40. The van der Waals surface area contributed by atoms with Crippen LogP contribution in [-0.2, 0) is 9.53 Å². The molecule has 1 N–H and O–H groups in total. The predicted molar refractivity (Wildman–Crippen MR) is 66.3 cm³/mol. The Hall–Kier alpha value is -0.220. The number of nitrogens with one attached hydrogen (secondary N) is 1. The molecule has 0 aliphatic rings. The Kier molecular flexibility index (Phi) is 8.91. The van der Waals surface area contributed by atoms with Crippen LogP contribution in [0.3, 0.4) is 0 Å². The largest absolute Gasteiger partial charge is 0.465 e. The van der Waals surface area contributed by atoms with Gasteiger partial charge in [0.15, 0.2) is 0 Å². The van der Waals surface area contributed by atoms with E-state index >= 15 is 0 Å². The molecule has 90 valence electrons. The van der Waals surface area contributed by atoms with E-state index in [-0.39, 0.29) is 12.0 Å². The zero-order valence-corrected chi connectivity index (χ0v) is 11.0. The van der Waals surface area contributed by atoms with Crippen molar-refractivity contribution in [3.63, 3.8) is 0 Å². The summed E-state index contributed by atoms with van der Waals surface area (Å²) >= 11 is 1.78. The summed E-state index contributed by atoms with van der Waals surface area (Å²) in [5.74, 6) is 0.662. The van der Waals surface area contributed by atoms with Gasteiger partial charge < -0.3 is 10.1 Å². The van der Waals surface area contributed by atoms with E-state index in [4.69, 9.17) is 4.74 Å². The number of carbonyl (C=O) groups excluding carboxylic acids is 1. The zero-order valence-electron chi connectivity index (χ0n) is 10.2. The van der Waals surface area contributed by atoms with Crippen LogP contribution < -0.4 is 5.32 Å².